The highest BCUT2D eigenvalue weighted by atomic mass is 19.2. The lowest BCUT2D eigenvalue weighted by atomic mass is 9.79. The Hall–Kier alpha value is -2.06. The first kappa shape index (κ1) is 20.7. The second kappa shape index (κ2) is 9.43. The van der Waals surface area contributed by atoms with Gasteiger partial charge in [0.15, 0.2) is 18.2 Å². The van der Waals surface area contributed by atoms with Crippen LogP contribution >= 0.6 is 0 Å². The number of hydrogen-bond acceptors (Lipinski definition) is 5. The van der Waals surface area contributed by atoms with Crippen molar-refractivity contribution < 1.29 is 27.8 Å². The Morgan fingerprint density at radius 2 is 1.82 bits per heavy atom. The molecule has 1 saturated heterocycles. The maximum absolute atomic E-state index is 13.2. The summed E-state index contributed by atoms with van der Waals surface area (Å²) in [5.41, 5.74) is -0.217. The average molecular weight is 396 g/mol. The molecular weight excluding hydrogens is 370 g/mol. The minimum Gasteiger partial charge on any atom is -0.452 e. The van der Waals surface area contributed by atoms with Crippen LogP contribution in [0.25, 0.3) is 0 Å². The highest BCUT2D eigenvalue weighted by molar-refractivity contribution is 5.91. The quantitative estimate of drug-likeness (QED) is 0.748. The zero-order valence-corrected chi connectivity index (χ0v) is 15.8. The Bertz CT molecular complexity index is 701. The molecule has 0 atom stereocenters. The lowest BCUT2D eigenvalue weighted by Crippen LogP contribution is -2.59. The summed E-state index contributed by atoms with van der Waals surface area (Å²) in [6.45, 7) is 3.12. The molecule has 8 heteroatoms. The molecule has 6 nitrogen and oxygen atoms in total. The number of hydrogen-bond donors (Lipinski definition) is 1. The number of ether oxygens (including phenoxy) is 2. The number of carbonyl (C=O) groups excluding carboxylic acids is 2. The summed E-state index contributed by atoms with van der Waals surface area (Å²) >= 11 is 0. The fourth-order valence-electron chi connectivity index (χ4n) is 4.00. The van der Waals surface area contributed by atoms with Crippen LogP contribution in [0.5, 0.6) is 0 Å². The first-order valence-corrected chi connectivity index (χ1v) is 9.72. The number of halogens is 2. The van der Waals surface area contributed by atoms with Crippen LogP contribution < -0.4 is 5.32 Å². The van der Waals surface area contributed by atoms with Crippen molar-refractivity contribution in [3.8, 4) is 0 Å². The van der Waals surface area contributed by atoms with Crippen LogP contribution in [0, 0.1) is 11.6 Å². The van der Waals surface area contributed by atoms with Crippen molar-refractivity contribution in [2.75, 3.05) is 39.5 Å². The molecule has 1 N–H and O–H groups in total. The van der Waals surface area contributed by atoms with E-state index in [1.165, 1.54) is 6.42 Å². The molecule has 1 aromatic carbocycles. The van der Waals surface area contributed by atoms with Gasteiger partial charge in [0.05, 0.1) is 18.8 Å². The highest BCUT2D eigenvalue weighted by Gasteiger charge is 2.38. The SMILES string of the molecule is O=C(COC(=O)c1ccc(F)c(F)c1)NCC1(N2CCOCC2)CCCCC1. The van der Waals surface area contributed by atoms with E-state index in [0.29, 0.717) is 19.8 Å². The van der Waals surface area contributed by atoms with Crippen molar-refractivity contribution >= 4 is 11.9 Å². The number of morpholine rings is 1. The minimum absolute atomic E-state index is 0.0816. The molecule has 0 spiro atoms. The van der Waals surface area contributed by atoms with Crippen LogP contribution in [0.1, 0.15) is 42.5 Å². The molecule has 2 fully saturated rings. The van der Waals surface area contributed by atoms with Gasteiger partial charge in [-0.25, -0.2) is 13.6 Å². The Labute approximate surface area is 163 Å². The van der Waals surface area contributed by atoms with Crippen LogP contribution in [-0.2, 0) is 14.3 Å². The number of nitrogens with zero attached hydrogens (tertiary/aromatic N) is 1. The molecule has 1 saturated carbocycles. The van der Waals surface area contributed by atoms with Crippen molar-refractivity contribution in [1.29, 1.82) is 0 Å². The van der Waals surface area contributed by atoms with Gasteiger partial charge in [-0.2, -0.15) is 0 Å². The molecule has 1 aliphatic carbocycles. The third-order valence-corrected chi connectivity index (χ3v) is 5.57. The fourth-order valence-corrected chi connectivity index (χ4v) is 4.00. The van der Waals surface area contributed by atoms with Crippen LogP contribution in [0.3, 0.4) is 0 Å². The van der Waals surface area contributed by atoms with Gasteiger partial charge in [-0.1, -0.05) is 19.3 Å². The first-order chi connectivity index (χ1) is 13.5. The normalized spacial score (nSPS) is 19.8. The topological polar surface area (TPSA) is 67.9 Å². The Morgan fingerprint density at radius 1 is 1.11 bits per heavy atom. The van der Waals surface area contributed by atoms with Gasteiger partial charge in [0.2, 0.25) is 0 Å². The van der Waals surface area contributed by atoms with Crippen LogP contribution in [0.15, 0.2) is 18.2 Å². The van der Waals surface area contributed by atoms with Crippen molar-refractivity contribution in [3.63, 3.8) is 0 Å². The molecule has 1 amide bonds. The fraction of sp³-hybridized carbons (Fsp3) is 0.600. The lowest BCUT2D eigenvalue weighted by Gasteiger charge is -2.48. The molecule has 2 aliphatic rings. The summed E-state index contributed by atoms with van der Waals surface area (Å²) in [6.07, 6.45) is 5.48. The molecule has 1 aliphatic heterocycles. The van der Waals surface area contributed by atoms with E-state index in [0.717, 1.165) is 57.0 Å². The van der Waals surface area contributed by atoms with Gasteiger partial charge in [-0.05, 0) is 31.0 Å². The number of nitrogens with one attached hydrogen (secondary N) is 1. The van der Waals surface area contributed by atoms with Gasteiger partial charge in [0, 0.05) is 25.2 Å². The maximum atomic E-state index is 13.2. The molecule has 1 aromatic rings. The van der Waals surface area contributed by atoms with E-state index in [9.17, 15) is 18.4 Å². The first-order valence-electron chi connectivity index (χ1n) is 9.72. The van der Waals surface area contributed by atoms with Gasteiger partial charge in [0.25, 0.3) is 5.91 Å². The van der Waals surface area contributed by atoms with Gasteiger partial charge < -0.3 is 14.8 Å². The number of carbonyl (C=O) groups is 2. The summed E-state index contributed by atoms with van der Waals surface area (Å²) in [7, 11) is 0. The second-order valence-corrected chi connectivity index (χ2v) is 7.37. The number of benzene rings is 1. The Kier molecular flexibility index (Phi) is 6.96. The molecular formula is C20H26F2N2O4. The molecule has 1 heterocycles. The van der Waals surface area contributed by atoms with Gasteiger partial charge in [0.1, 0.15) is 0 Å². The molecule has 28 heavy (non-hydrogen) atoms. The summed E-state index contributed by atoms with van der Waals surface area (Å²) in [6, 6.07) is 2.72. The summed E-state index contributed by atoms with van der Waals surface area (Å²) in [5.74, 6) is -3.46. The standard InChI is InChI=1S/C20H26F2N2O4/c21-16-5-4-15(12-17(16)22)19(26)28-13-18(25)23-14-20(6-2-1-3-7-20)24-8-10-27-11-9-24/h4-5,12H,1-3,6-11,13-14H2,(H,23,25). The Morgan fingerprint density at radius 3 is 2.50 bits per heavy atom. The van der Waals surface area contributed by atoms with Crippen molar-refractivity contribution in [2.45, 2.75) is 37.6 Å². The van der Waals surface area contributed by atoms with Crippen molar-refractivity contribution in [1.82, 2.24) is 10.2 Å². The molecule has 0 unspecified atom stereocenters. The van der Waals surface area contributed by atoms with E-state index in [-0.39, 0.29) is 11.1 Å². The smallest absolute Gasteiger partial charge is 0.338 e. The highest BCUT2D eigenvalue weighted by Crippen LogP contribution is 2.33. The molecule has 0 bridgehead atoms. The average Bonchev–Trinajstić information content (AvgIpc) is 2.73. The van der Waals surface area contributed by atoms with Crippen LogP contribution in [-0.4, -0.2) is 61.8 Å². The van der Waals surface area contributed by atoms with E-state index in [2.05, 4.69) is 10.2 Å². The zero-order chi connectivity index (χ0) is 20.0. The van der Waals surface area contributed by atoms with Gasteiger partial charge in [-0.3, -0.25) is 9.69 Å². The number of rotatable bonds is 6. The third-order valence-electron chi connectivity index (χ3n) is 5.57. The van der Waals surface area contributed by atoms with E-state index in [4.69, 9.17) is 9.47 Å². The monoisotopic (exact) mass is 396 g/mol. The summed E-state index contributed by atoms with van der Waals surface area (Å²) < 4.78 is 36.5. The van der Waals surface area contributed by atoms with E-state index >= 15 is 0 Å². The second-order valence-electron chi connectivity index (χ2n) is 7.37. The molecule has 0 aromatic heterocycles. The van der Waals surface area contributed by atoms with Crippen molar-refractivity contribution in [2.24, 2.45) is 0 Å². The number of amides is 1. The molecule has 3 rings (SSSR count). The summed E-state index contributed by atoms with van der Waals surface area (Å²) in [5, 5.41) is 2.89. The Balaban J connectivity index is 1.51. The number of esters is 1. The van der Waals surface area contributed by atoms with Gasteiger partial charge in [-0.15, -0.1) is 0 Å². The summed E-state index contributed by atoms with van der Waals surface area (Å²) in [4.78, 5) is 26.5. The predicted molar refractivity (Wildman–Crippen MR) is 97.9 cm³/mol. The predicted octanol–water partition coefficient (Wildman–Crippen LogP) is 2.27. The van der Waals surface area contributed by atoms with E-state index < -0.39 is 30.1 Å². The largest absolute Gasteiger partial charge is 0.452 e. The van der Waals surface area contributed by atoms with E-state index in [1.54, 1.807) is 0 Å². The van der Waals surface area contributed by atoms with Crippen LogP contribution in [0.2, 0.25) is 0 Å². The minimum atomic E-state index is -1.14. The van der Waals surface area contributed by atoms with Crippen molar-refractivity contribution in [3.05, 3.63) is 35.4 Å². The molecule has 0 radical (unpaired) electrons. The van der Waals surface area contributed by atoms with Gasteiger partial charge >= 0.3 is 5.97 Å². The maximum Gasteiger partial charge on any atom is 0.338 e. The zero-order valence-electron chi connectivity index (χ0n) is 15.8. The lowest BCUT2D eigenvalue weighted by molar-refractivity contribution is -0.125. The molecule has 154 valence electrons. The van der Waals surface area contributed by atoms with Crippen LogP contribution in [0.4, 0.5) is 8.78 Å². The van der Waals surface area contributed by atoms with E-state index in [1.807, 2.05) is 0 Å². The third kappa shape index (κ3) is 5.05.